The summed E-state index contributed by atoms with van der Waals surface area (Å²) in [6, 6.07) is 9.65. The fourth-order valence-electron chi connectivity index (χ4n) is 1.41. The molecule has 0 saturated heterocycles. The highest BCUT2D eigenvalue weighted by Gasteiger charge is 2.48. The zero-order valence-electron chi connectivity index (χ0n) is 8.10. The molecule has 1 aromatic rings. The summed E-state index contributed by atoms with van der Waals surface area (Å²) in [5, 5.41) is 0. The molecule has 0 atom stereocenters. The number of hydrogen-bond acceptors (Lipinski definition) is 2. The maximum absolute atomic E-state index is 11.9. The number of hydrogen-bond donors (Lipinski definition) is 1. The van der Waals surface area contributed by atoms with Crippen molar-refractivity contribution in [3.63, 3.8) is 0 Å². The average Bonchev–Trinajstić information content (AvgIpc) is 2.97. The van der Waals surface area contributed by atoms with Gasteiger partial charge in [0.2, 0.25) is 5.91 Å². The van der Waals surface area contributed by atoms with Gasteiger partial charge in [0.1, 0.15) is 0 Å². The number of amides is 1. The molecule has 1 saturated carbocycles. The lowest BCUT2D eigenvalue weighted by molar-refractivity contribution is -0.118. The SMILES string of the molecule is CN(C(=O)C1(S)CC1)c1ccccc1. The van der Waals surface area contributed by atoms with Crippen LogP contribution in [0, 0.1) is 0 Å². The highest BCUT2D eigenvalue weighted by atomic mass is 32.1. The molecular weight excluding hydrogens is 194 g/mol. The second kappa shape index (κ2) is 3.31. The minimum absolute atomic E-state index is 0.104. The van der Waals surface area contributed by atoms with Crippen LogP contribution in [0.15, 0.2) is 30.3 Å². The Morgan fingerprint density at radius 1 is 1.36 bits per heavy atom. The summed E-state index contributed by atoms with van der Waals surface area (Å²) in [6.45, 7) is 0. The van der Waals surface area contributed by atoms with Crippen molar-refractivity contribution < 1.29 is 4.79 Å². The molecule has 1 aromatic carbocycles. The quantitative estimate of drug-likeness (QED) is 0.736. The number of nitrogens with zero attached hydrogens (tertiary/aromatic N) is 1. The first-order chi connectivity index (χ1) is 6.63. The van der Waals surface area contributed by atoms with Crippen molar-refractivity contribution in [3.05, 3.63) is 30.3 Å². The van der Waals surface area contributed by atoms with Gasteiger partial charge >= 0.3 is 0 Å². The fraction of sp³-hybridized carbons (Fsp3) is 0.364. The van der Waals surface area contributed by atoms with E-state index in [1.807, 2.05) is 30.3 Å². The number of thiol groups is 1. The molecule has 1 fully saturated rings. The second-order valence-corrected chi connectivity index (χ2v) is 4.59. The van der Waals surface area contributed by atoms with Crippen molar-refractivity contribution in [3.8, 4) is 0 Å². The number of benzene rings is 1. The van der Waals surface area contributed by atoms with Gasteiger partial charge in [0.15, 0.2) is 0 Å². The smallest absolute Gasteiger partial charge is 0.242 e. The predicted molar refractivity (Wildman–Crippen MR) is 60.8 cm³/mol. The van der Waals surface area contributed by atoms with E-state index < -0.39 is 0 Å². The molecule has 0 aromatic heterocycles. The van der Waals surface area contributed by atoms with Gasteiger partial charge in [-0.15, -0.1) is 0 Å². The van der Waals surface area contributed by atoms with Crippen LogP contribution in [0.25, 0.3) is 0 Å². The minimum Gasteiger partial charge on any atom is -0.314 e. The van der Waals surface area contributed by atoms with Crippen LogP contribution in [0.4, 0.5) is 5.69 Å². The van der Waals surface area contributed by atoms with Crippen LogP contribution < -0.4 is 4.90 Å². The van der Waals surface area contributed by atoms with E-state index in [1.54, 1.807) is 11.9 Å². The number of rotatable bonds is 2. The Morgan fingerprint density at radius 3 is 2.43 bits per heavy atom. The molecule has 74 valence electrons. The van der Waals surface area contributed by atoms with E-state index in [-0.39, 0.29) is 10.7 Å². The average molecular weight is 207 g/mol. The monoisotopic (exact) mass is 207 g/mol. The van der Waals surface area contributed by atoms with Crippen LogP contribution in [-0.2, 0) is 4.79 Å². The van der Waals surface area contributed by atoms with E-state index in [0.717, 1.165) is 18.5 Å². The summed E-state index contributed by atoms with van der Waals surface area (Å²) in [6.07, 6.45) is 1.79. The van der Waals surface area contributed by atoms with E-state index in [1.165, 1.54) is 0 Å². The molecule has 14 heavy (non-hydrogen) atoms. The first kappa shape index (κ1) is 9.59. The van der Waals surface area contributed by atoms with E-state index >= 15 is 0 Å². The maximum Gasteiger partial charge on any atom is 0.242 e. The Hall–Kier alpha value is -0.960. The summed E-state index contributed by atoms with van der Waals surface area (Å²) < 4.78 is -0.384. The fourth-order valence-corrected chi connectivity index (χ4v) is 1.68. The van der Waals surface area contributed by atoms with Crippen molar-refractivity contribution in [2.45, 2.75) is 17.6 Å². The molecule has 0 aliphatic heterocycles. The Labute approximate surface area is 89.3 Å². The van der Waals surface area contributed by atoms with Crippen LogP contribution in [0.3, 0.4) is 0 Å². The van der Waals surface area contributed by atoms with Gasteiger partial charge in [-0.2, -0.15) is 12.6 Å². The Kier molecular flexibility index (Phi) is 2.27. The molecule has 0 N–H and O–H groups in total. The van der Waals surface area contributed by atoms with Crippen molar-refractivity contribution in [2.75, 3.05) is 11.9 Å². The molecular formula is C11H13NOS. The third-order valence-corrected chi connectivity index (χ3v) is 3.21. The third kappa shape index (κ3) is 1.64. The number of para-hydroxylation sites is 1. The van der Waals surface area contributed by atoms with Crippen LogP contribution in [0.2, 0.25) is 0 Å². The summed E-state index contributed by atoms with van der Waals surface area (Å²) in [5.41, 5.74) is 0.929. The summed E-state index contributed by atoms with van der Waals surface area (Å²) in [4.78, 5) is 13.6. The Morgan fingerprint density at radius 2 is 1.93 bits per heavy atom. The molecule has 0 bridgehead atoms. The van der Waals surface area contributed by atoms with E-state index in [0.29, 0.717) is 0 Å². The lowest BCUT2D eigenvalue weighted by atomic mass is 10.2. The summed E-state index contributed by atoms with van der Waals surface area (Å²) in [7, 11) is 1.80. The summed E-state index contributed by atoms with van der Waals surface area (Å²) in [5.74, 6) is 0.104. The molecule has 0 spiro atoms. The molecule has 1 aliphatic rings. The lowest BCUT2D eigenvalue weighted by Gasteiger charge is -2.20. The highest BCUT2D eigenvalue weighted by Crippen LogP contribution is 2.43. The van der Waals surface area contributed by atoms with Crippen molar-refractivity contribution in [1.82, 2.24) is 0 Å². The van der Waals surface area contributed by atoms with E-state index in [9.17, 15) is 4.79 Å². The molecule has 2 rings (SSSR count). The van der Waals surface area contributed by atoms with Crippen LogP contribution in [0.5, 0.6) is 0 Å². The zero-order chi connectivity index (χ0) is 10.2. The molecule has 0 unspecified atom stereocenters. The van der Waals surface area contributed by atoms with Gasteiger partial charge in [0, 0.05) is 12.7 Å². The standard InChI is InChI=1S/C11H13NOS/c1-12(9-5-3-2-4-6-9)10(13)11(14)7-8-11/h2-6,14H,7-8H2,1H3. The van der Waals surface area contributed by atoms with Crippen LogP contribution in [0.1, 0.15) is 12.8 Å². The molecule has 0 heterocycles. The van der Waals surface area contributed by atoms with E-state index in [2.05, 4.69) is 12.6 Å². The first-order valence-electron chi connectivity index (χ1n) is 4.69. The summed E-state index contributed by atoms with van der Waals surface area (Å²) >= 11 is 4.36. The Bertz CT molecular complexity index is 346. The second-order valence-electron chi connectivity index (χ2n) is 3.73. The van der Waals surface area contributed by atoms with Gasteiger partial charge in [0.05, 0.1) is 4.75 Å². The molecule has 1 amide bonds. The van der Waals surface area contributed by atoms with Crippen LogP contribution in [-0.4, -0.2) is 17.7 Å². The molecule has 3 heteroatoms. The number of carbonyl (C=O) groups excluding carboxylic acids is 1. The van der Waals surface area contributed by atoms with Crippen molar-refractivity contribution in [2.24, 2.45) is 0 Å². The minimum atomic E-state index is -0.384. The molecule has 0 radical (unpaired) electrons. The topological polar surface area (TPSA) is 20.3 Å². The van der Waals surface area contributed by atoms with Crippen LogP contribution >= 0.6 is 12.6 Å². The Balaban J connectivity index is 2.16. The normalized spacial score (nSPS) is 17.6. The lowest BCUT2D eigenvalue weighted by Crippen LogP contribution is -2.34. The first-order valence-corrected chi connectivity index (χ1v) is 5.14. The zero-order valence-corrected chi connectivity index (χ0v) is 9.00. The predicted octanol–water partition coefficient (Wildman–Crippen LogP) is 2.11. The highest BCUT2D eigenvalue weighted by molar-refractivity contribution is 7.83. The maximum atomic E-state index is 11.9. The van der Waals surface area contributed by atoms with Gasteiger partial charge in [-0.05, 0) is 25.0 Å². The van der Waals surface area contributed by atoms with Gasteiger partial charge in [-0.3, -0.25) is 4.79 Å². The largest absolute Gasteiger partial charge is 0.314 e. The van der Waals surface area contributed by atoms with E-state index in [4.69, 9.17) is 0 Å². The third-order valence-electron chi connectivity index (χ3n) is 2.57. The molecule has 1 aliphatic carbocycles. The van der Waals surface area contributed by atoms with Crippen molar-refractivity contribution in [1.29, 1.82) is 0 Å². The van der Waals surface area contributed by atoms with Gasteiger partial charge < -0.3 is 4.90 Å². The molecule has 2 nitrogen and oxygen atoms in total. The number of carbonyl (C=O) groups is 1. The van der Waals surface area contributed by atoms with Crippen molar-refractivity contribution >= 4 is 24.2 Å². The van der Waals surface area contributed by atoms with Gasteiger partial charge in [0.25, 0.3) is 0 Å². The number of anilines is 1. The van der Waals surface area contributed by atoms with Gasteiger partial charge in [-0.25, -0.2) is 0 Å². The van der Waals surface area contributed by atoms with Gasteiger partial charge in [-0.1, -0.05) is 18.2 Å².